The molecular formula is C12H13NO2. The topological polar surface area (TPSA) is 34.4 Å². The normalized spacial score (nSPS) is 20.9. The van der Waals surface area contributed by atoms with Gasteiger partial charge < -0.3 is 14.5 Å². The molecule has 1 unspecified atom stereocenters. The fourth-order valence-corrected chi connectivity index (χ4v) is 1.98. The van der Waals surface area contributed by atoms with Gasteiger partial charge in [-0.1, -0.05) is 6.07 Å². The number of hydrogen-bond acceptors (Lipinski definition) is 3. The van der Waals surface area contributed by atoms with Crippen LogP contribution in [-0.4, -0.2) is 19.2 Å². The molecule has 1 saturated heterocycles. The van der Waals surface area contributed by atoms with Crippen molar-refractivity contribution in [1.29, 1.82) is 0 Å². The van der Waals surface area contributed by atoms with Gasteiger partial charge in [0.25, 0.3) is 0 Å². The van der Waals surface area contributed by atoms with Gasteiger partial charge in [0.1, 0.15) is 17.4 Å². The Morgan fingerprint density at radius 2 is 2.33 bits per heavy atom. The first-order valence-electron chi connectivity index (χ1n) is 5.27. The Labute approximate surface area is 88.0 Å². The van der Waals surface area contributed by atoms with Gasteiger partial charge in [0.05, 0.1) is 11.6 Å². The predicted octanol–water partition coefficient (Wildman–Crippen LogP) is 2.17. The second kappa shape index (κ2) is 3.59. The number of fused-ring (bicyclic) bond motifs is 1. The minimum atomic E-state index is 0.297. The lowest BCUT2D eigenvalue weighted by Gasteiger charge is -2.12. The minimum absolute atomic E-state index is 0.297. The molecule has 78 valence electrons. The smallest absolute Gasteiger partial charge is 0.137 e. The van der Waals surface area contributed by atoms with Crippen LogP contribution in [-0.2, 0) is 0 Å². The average Bonchev–Trinajstić information content (AvgIpc) is 2.87. The van der Waals surface area contributed by atoms with Gasteiger partial charge >= 0.3 is 0 Å². The number of benzene rings is 1. The van der Waals surface area contributed by atoms with Crippen LogP contribution in [0.15, 0.2) is 34.9 Å². The molecule has 0 amide bonds. The van der Waals surface area contributed by atoms with Crippen LogP contribution < -0.4 is 10.1 Å². The summed E-state index contributed by atoms with van der Waals surface area (Å²) in [7, 11) is 0. The molecule has 1 aliphatic heterocycles. The van der Waals surface area contributed by atoms with Gasteiger partial charge in [0.2, 0.25) is 0 Å². The molecule has 15 heavy (non-hydrogen) atoms. The summed E-state index contributed by atoms with van der Waals surface area (Å²) < 4.78 is 11.3. The number of nitrogens with one attached hydrogen (secondary N) is 1. The second-order valence-electron chi connectivity index (χ2n) is 3.82. The lowest BCUT2D eigenvalue weighted by atomic mass is 10.2. The Bertz CT molecular complexity index is 457. The van der Waals surface area contributed by atoms with Crippen molar-refractivity contribution in [2.75, 3.05) is 13.1 Å². The molecule has 1 fully saturated rings. The maximum absolute atomic E-state index is 5.92. The van der Waals surface area contributed by atoms with E-state index in [0.717, 1.165) is 36.2 Å². The van der Waals surface area contributed by atoms with E-state index in [0.29, 0.717) is 6.10 Å². The van der Waals surface area contributed by atoms with Gasteiger partial charge in [-0.25, -0.2) is 0 Å². The number of ether oxygens (including phenoxy) is 1. The van der Waals surface area contributed by atoms with E-state index < -0.39 is 0 Å². The zero-order valence-electron chi connectivity index (χ0n) is 8.40. The number of rotatable bonds is 2. The van der Waals surface area contributed by atoms with Crippen molar-refractivity contribution in [2.24, 2.45) is 0 Å². The Balaban J connectivity index is 1.92. The summed E-state index contributed by atoms with van der Waals surface area (Å²) in [6, 6.07) is 7.86. The van der Waals surface area contributed by atoms with E-state index in [1.54, 1.807) is 6.26 Å². The van der Waals surface area contributed by atoms with E-state index in [2.05, 4.69) is 5.32 Å². The van der Waals surface area contributed by atoms with Gasteiger partial charge in [-0.3, -0.25) is 0 Å². The molecule has 0 radical (unpaired) electrons. The standard InChI is InChI=1S/C12H13NO2/c1-2-11-10(5-7-14-11)12(3-1)15-9-4-6-13-8-9/h1-3,5,7,9,13H,4,6,8H2. The molecule has 1 N–H and O–H groups in total. The van der Waals surface area contributed by atoms with E-state index in [4.69, 9.17) is 9.15 Å². The summed E-state index contributed by atoms with van der Waals surface area (Å²) >= 11 is 0. The Hall–Kier alpha value is -1.48. The van der Waals surface area contributed by atoms with E-state index in [1.807, 2.05) is 24.3 Å². The van der Waals surface area contributed by atoms with Crippen LogP contribution in [0.3, 0.4) is 0 Å². The van der Waals surface area contributed by atoms with Gasteiger partial charge in [-0.15, -0.1) is 0 Å². The van der Waals surface area contributed by atoms with Gasteiger partial charge in [0, 0.05) is 6.54 Å². The second-order valence-corrected chi connectivity index (χ2v) is 3.82. The van der Waals surface area contributed by atoms with Crippen molar-refractivity contribution in [2.45, 2.75) is 12.5 Å². The van der Waals surface area contributed by atoms with Crippen molar-refractivity contribution in [3.05, 3.63) is 30.5 Å². The van der Waals surface area contributed by atoms with Gasteiger partial charge in [-0.2, -0.15) is 0 Å². The molecular weight excluding hydrogens is 190 g/mol. The van der Waals surface area contributed by atoms with Crippen molar-refractivity contribution >= 4 is 11.0 Å². The third kappa shape index (κ3) is 1.59. The SMILES string of the molecule is c1cc(OC2CCNC2)c2ccoc2c1. The van der Waals surface area contributed by atoms with Gasteiger partial charge in [-0.05, 0) is 31.2 Å². The van der Waals surface area contributed by atoms with E-state index in [-0.39, 0.29) is 0 Å². The highest BCUT2D eigenvalue weighted by atomic mass is 16.5. The van der Waals surface area contributed by atoms with Crippen LogP contribution in [0.5, 0.6) is 5.75 Å². The van der Waals surface area contributed by atoms with Crippen molar-refractivity contribution < 1.29 is 9.15 Å². The monoisotopic (exact) mass is 203 g/mol. The maximum Gasteiger partial charge on any atom is 0.137 e. The van der Waals surface area contributed by atoms with E-state index in [1.165, 1.54) is 0 Å². The fraction of sp³-hybridized carbons (Fsp3) is 0.333. The highest BCUT2D eigenvalue weighted by molar-refractivity contribution is 5.83. The highest BCUT2D eigenvalue weighted by Gasteiger charge is 2.17. The summed E-state index contributed by atoms with van der Waals surface area (Å²) in [6.45, 7) is 1.99. The first-order chi connectivity index (χ1) is 7.43. The molecule has 3 rings (SSSR count). The quantitative estimate of drug-likeness (QED) is 0.812. The predicted molar refractivity (Wildman–Crippen MR) is 58.1 cm³/mol. The Morgan fingerprint density at radius 1 is 1.33 bits per heavy atom. The van der Waals surface area contributed by atoms with Crippen LogP contribution >= 0.6 is 0 Å². The van der Waals surface area contributed by atoms with Crippen LogP contribution in [0.2, 0.25) is 0 Å². The molecule has 2 heterocycles. The van der Waals surface area contributed by atoms with Crippen molar-refractivity contribution in [3.8, 4) is 5.75 Å². The number of furan rings is 1. The Morgan fingerprint density at radius 3 is 3.20 bits per heavy atom. The third-order valence-corrected chi connectivity index (χ3v) is 2.76. The minimum Gasteiger partial charge on any atom is -0.488 e. The molecule has 3 nitrogen and oxygen atoms in total. The number of hydrogen-bond donors (Lipinski definition) is 1. The van der Waals surface area contributed by atoms with E-state index >= 15 is 0 Å². The lowest BCUT2D eigenvalue weighted by molar-refractivity contribution is 0.226. The fourth-order valence-electron chi connectivity index (χ4n) is 1.98. The molecule has 0 saturated carbocycles. The summed E-state index contributed by atoms with van der Waals surface area (Å²) in [5.41, 5.74) is 0.887. The van der Waals surface area contributed by atoms with Crippen molar-refractivity contribution in [3.63, 3.8) is 0 Å². The molecule has 2 aromatic rings. The molecule has 1 aliphatic rings. The maximum atomic E-state index is 5.92. The van der Waals surface area contributed by atoms with Crippen LogP contribution in [0.4, 0.5) is 0 Å². The molecule has 0 bridgehead atoms. The molecule has 1 aromatic carbocycles. The van der Waals surface area contributed by atoms with Crippen molar-refractivity contribution in [1.82, 2.24) is 5.32 Å². The van der Waals surface area contributed by atoms with E-state index in [9.17, 15) is 0 Å². The summed E-state index contributed by atoms with van der Waals surface area (Å²) in [6.07, 6.45) is 3.07. The van der Waals surface area contributed by atoms with Crippen LogP contribution in [0.25, 0.3) is 11.0 Å². The third-order valence-electron chi connectivity index (χ3n) is 2.76. The average molecular weight is 203 g/mol. The first-order valence-corrected chi connectivity index (χ1v) is 5.27. The molecule has 1 atom stereocenters. The largest absolute Gasteiger partial charge is 0.488 e. The molecule has 3 heteroatoms. The summed E-state index contributed by atoms with van der Waals surface area (Å²) in [4.78, 5) is 0. The zero-order chi connectivity index (χ0) is 10.1. The Kier molecular flexibility index (Phi) is 2.10. The zero-order valence-corrected chi connectivity index (χ0v) is 8.40. The summed E-state index contributed by atoms with van der Waals surface area (Å²) in [5.74, 6) is 0.926. The van der Waals surface area contributed by atoms with Crippen LogP contribution in [0, 0.1) is 0 Å². The lowest BCUT2D eigenvalue weighted by Crippen LogP contribution is -2.19. The highest BCUT2D eigenvalue weighted by Crippen LogP contribution is 2.27. The molecule has 0 aliphatic carbocycles. The van der Waals surface area contributed by atoms with Crippen LogP contribution in [0.1, 0.15) is 6.42 Å². The summed E-state index contributed by atoms with van der Waals surface area (Å²) in [5, 5.41) is 4.35. The molecule has 1 aromatic heterocycles. The first kappa shape index (κ1) is 8.80. The van der Waals surface area contributed by atoms with Gasteiger partial charge in [0.15, 0.2) is 0 Å². The molecule has 0 spiro atoms.